The lowest BCUT2D eigenvalue weighted by atomic mass is 9.84. The summed E-state index contributed by atoms with van der Waals surface area (Å²) in [7, 11) is 2.26. The van der Waals surface area contributed by atoms with E-state index in [9.17, 15) is 4.79 Å². The van der Waals surface area contributed by atoms with Crippen molar-refractivity contribution in [3.05, 3.63) is 0 Å². The topological polar surface area (TPSA) is 58.4 Å². The van der Waals surface area contributed by atoms with Gasteiger partial charge in [-0.15, -0.1) is 0 Å². The Labute approximate surface area is 122 Å². The molecular formula is C16H29N3O. The second kappa shape index (κ2) is 6.02. The number of nitrogens with one attached hydrogen (secondary N) is 1. The average molecular weight is 279 g/mol. The number of amides is 1. The van der Waals surface area contributed by atoms with Crippen LogP contribution in [0.25, 0.3) is 0 Å². The van der Waals surface area contributed by atoms with Gasteiger partial charge in [0.05, 0.1) is 5.92 Å². The van der Waals surface area contributed by atoms with Crippen molar-refractivity contribution in [2.45, 2.75) is 69.5 Å². The largest absolute Gasteiger partial charge is 0.356 e. The Morgan fingerprint density at radius 1 is 1.15 bits per heavy atom. The van der Waals surface area contributed by atoms with Crippen LogP contribution in [0.5, 0.6) is 0 Å². The molecule has 3 aliphatic rings. The fourth-order valence-electron chi connectivity index (χ4n) is 4.55. The highest BCUT2D eigenvalue weighted by molar-refractivity contribution is 5.79. The first kappa shape index (κ1) is 14.3. The van der Waals surface area contributed by atoms with Crippen LogP contribution in [0, 0.1) is 11.8 Å². The van der Waals surface area contributed by atoms with Crippen molar-refractivity contribution in [1.82, 2.24) is 10.2 Å². The van der Waals surface area contributed by atoms with Crippen LogP contribution in [-0.2, 0) is 4.79 Å². The summed E-state index contributed by atoms with van der Waals surface area (Å²) >= 11 is 0. The lowest BCUT2D eigenvalue weighted by molar-refractivity contribution is -0.126. The predicted molar refractivity (Wildman–Crippen MR) is 80.2 cm³/mol. The number of hydrogen-bond acceptors (Lipinski definition) is 3. The number of hydrogen-bond donors (Lipinski definition) is 2. The van der Waals surface area contributed by atoms with Gasteiger partial charge < -0.3 is 16.0 Å². The van der Waals surface area contributed by atoms with Crippen molar-refractivity contribution >= 4 is 5.91 Å². The lowest BCUT2D eigenvalue weighted by Gasteiger charge is -2.36. The molecule has 1 aliphatic carbocycles. The minimum Gasteiger partial charge on any atom is -0.356 e. The van der Waals surface area contributed by atoms with E-state index in [4.69, 9.17) is 5.73 Å². The molecule has 4 heteroatoms. The standard InChI is InChI=1S/C16H29N3O/c1-19-12-6-7-13(19)9-11(8-12)10-18-16(20)14-4-2-3-5-15(14)17/h11-15H,2-10,17H2,1H3,(H,18,20). The highest BCUT2D eigenvalue weighted by atomic mass is 16.1. The van der Waals surface area contributed by atoms with Gasteiger partial charge in [-0.05, 0) is 51.5 Å². The highest BCUT2D eigenvalue weighted by Crippen LogP contribution is 2.37. The molecule has 20 heavy (non-hydrogen) atoms. The summed E-state index contributed by atoms with van der Waals surface area (Å²) < 4.78 is 0. The van der Waals surface area contributed by atoms with Gasteiger partial charge in [-0.25, -0.2) is 0 Å². The van der Waals surface area contributed by atoms with Crippen LogP contribution in [0.4, 0.5) is 0 Å². The van der Waals surface area contributed by atoms with Crippen LogP contribution in [0.15, 0.2) is 0 Å². The average Bonchev–Trinajstić information content (AvgIpc) is 2.66. The van der Waals surface area contributed by atoms with E-state index in [1.54, 1.807) is 0 Å². The fraction of sp³-hybridized carbons (Fsp3) is 0.938. The van der Waals surface area contributed by atoms with E-state index >= 15 is 0 Å². The summed E-state index contributed by atoms with van der Waals surface area (Å²) in [5.74, 6) is 0.947. The van der Waals surface area contributed by atoms with Gasteiger partial charge in [-0.3, -0.25) is 4.79 Å². The first-order valence-corrected chi connectivity index (χ1v) is 8.40. The summed E-state index contributed by atoms with van der Waals surface area (Å²) in [4.78, 5) is 14.8. The SMILES string of the molecule is CN1C2CCC1CC(CNC(=O)C1CCCCC1N)C2. The number of fused-ring (bicyclic) bond motifs is 2. The van der Waals surface area contributed by atoms with E-state index in [0.29, 0.717) is 5.92 Å². The van der Waals surface area contributed by atoms with Crippen LogP contribution in [0.3, 0.4) is 0 Å². The Hall–Kier alpha value is -0.610. The van der Waals surface area contributed by atoms with Gasteiger partial charge in [0, 0.05) is 24.7 Å². The van der Waals surface area contributed by atoms with Gasteiger partial charge in [0.2, 0.25) is 5.91 Å². The third-order valence-electron chi connectivity index (χ3n) is 5.92. The van der Waals surface area contributed by atoms with Crippen molar-refractivity contribution in [1.29, 1.82) is 0 Å². The van der Waals surface area contributed by atoms with E-state index in [1.165, 1.54) is 32.1 Å². The summed E-state index contributed by atoms with van der Waals surface area (Å²) in [6.45, 7) is 0.864. The number of carbonyl (C=O) groups excluding carboxylic acids is 1. The smallest absolute Gasteiger partial charge is 0.224 e. The van der Waals surface area contributed by atoms with Crippen LogP contribution in [0.1, 0.15) is 51.4 Å². The van der Waals surface area contributed by atoms with Gasteiger partial charge in [-0.2, -0.15) is 0 Å². The van der Waals surface area contributed by atoms with Crippen molar-refractivity contribution in [2.75, 3.05) is 13.6 Å². The Morgan fingerprint density at radius 3 is 2.45 bits per heavy atom. The summed E-state index contributed by atoms with van der Waals surface area (Å²) in [6.07, 6.45) is 9.53. The molecule has 3 N–H and O–H groups in total. The maximum absolute atomic E-state index is 12.3. The molecule has 2 bridgehead atoms. The molecule has 3 fully saturated rings. The number of nitrogens with zero attached hydrogens (tertiary/aromatic N) is 1. The number of rotatable bonds is 3. The fourth-order valence-corrected chi connectivity index (χ4v) is 4.55. The van der Waals surface area contributed by atoms with E-state index in [0.717, 1.165) is 37.9 Å². The molecular weight excluding hydrogens is 250 g/mol. The van der Waals surface area contributed by atoms with Crippen molar-refractivity contribution in [3.63, 3.8) is 0 Å². The second-order valence-electron chi connectivity index (χ2n) is 7.19. The van der Waals surface area contributed by atoms with E-state index in [-0.39, 0.29) is 17.9 Å². The second-order valence-corrected chi connectivity index (χ2v) is 7.19. The summed E-state index contributed by atoms with van der Waals surface area (Å²) in [5.41, 5.74) is 6.09. The van der Waals surface area contributed by atoms with Crippen LogP contribution < -0.4 is 11.1 Å². The number of nitrogens with two attached hydrogens (primary N) is 1. The Morgan fingerprint density at radius 2 is 1.80 bits per heavy atom. The molecule has 0 aromatic rings. The number of carbonyl (C=O) groups is 1. The zero-order chi connectivity index (χ0) is 14.1. The number of piperidine rings is 1. The molecule has 114 valence electrons. The summed E-state index contributed by atoms with van der Waals surface area (Å²) in [6, 6.07) is 1.59. The molecule has 0 aromatic carbocycles. The molecule has 2 aliphatic heterocycles. The molecule has 0 radical (unpaired) electrons. The molecule has 0 aromatic heterocycles. The highest BCUT2D eigenvalue weighted by Gasteiger charge is 2.38. The van der Waals surface area contributed by atoms with Gasteiger partial charge in [0.25, 0.3) is 0 Å². The van der Waals surface area contributed by atoms with E-state index in [2.05, 4.69) is 17.3 Å². The van der Waals surface area contributed by atoms with Gasteiger partial charge in [0.1, 0.15) is 0 Å². The minimum absolute atomic E-state index is 0.0618. The van der Waals surface area contributed by atoms with Crippen LogP contribution in [0.2, 0.25) is 0 Å². The lowest BCUT2D eigenvalue weighted by Crippen LogP contribution is -2.47. The first-order chi connectivity index (χ1) is 9.65. The zero-order valence-electron chi connectivity index (χ0n) is 12.7. The zero-order valence-corrected chi connectivity index (χ0v) is 12.7. The third-order valence-corrected chi connectivity index (χ3v) is 5.92. The maximum Gasteiger partial charge on any atom is 0.224 e. The molecule has 4 nitrogen and oxygen atoms in total. The monoisotopic (exact) mass is 279 g/mol. The maximum atomic E-state index is 12.3. The molecule has 1 amide bonds. The van der Waals surface area contributed by atoms with E-state index < -0.39 is 0 Å². The Bertz CT molecular complexity index is 346. The van der Waals surface area contributed by atoms with Crippen molar-refractivity contribution in [2.24, 2.45) is 17.6 Å². The first-order valence-electron chi connectivity index (χ1n) is 8.40. The van der Waals surface area contributed by atoms with E-state index in [1.807, 2.05) is 0 Å². The Balaban J connectivity index is 1.46. The third kappa shape index (κ3) is 2.86. The van der Waals surface area contributed by atoms with Crippen LogP contribution in [-0.4, -0.2) is 42.5 Å². The minimum atomic E-state index is 0.0618. The van der Waals surface area contributed by atoms with Crippen molar-refractivity contribution in [3.8, 4) is 0 Å². The molecule has 4 atom stereocenters. The van der Waals surface area contributed by atoms with Crippen molar-refractivity contribution < 1.29 is 4.79 Å². The molecule has 1 saturated carbocycles. The van der Waals surface area contributed by atoms with Gasteiger partial charge in [0.15, 0.2) is 0 Å². The molecule has 4 unspecified atom stereocenters. The Kier molecular flexibility index (Phi) is 4.32. The normalized spacial score (nSPS) is 41.6. The van der Waals surface area contributed by atoms with Crippen LogP contribution >= 0.6 is 0 Å². The molecule has 0 spiro atoms. The van der Waals surface area contributed by atoms with Gasteiger partial charge in [-0.1, -0.05) is 12.8 Å². The predicted octanol–water partition coefficient (Wildman–Crippen LogP) is 1.49. The molecule has 2 saturated heterocycles. The summed E-state index contributed by atoms with van der Waals surface area (Å²) in [5, 5.41) is 3.20. The molecule has 3 rings (SSSR count). The van der Waals surface area contributed by atoms with Gasteiger partial charge >= 0.3 is 0 Å². The quantitative estimate of drug-likeness (QED) is 0.823. The molecule has 2 heterocycles.